The van der Waals surface area contributed by atoms with Crippen LogP contribution >= 0.6 is 0 Å². The molecular weight excluding hydrogens is 200 g/mol. The van der Waals surface area contributed by atoms with Crippen LogP contribution in [0.5, 0.6) is 0 Å². The first-order valence-corrected chi connectivity index (χ1v) is 8.96. The van der Waals surface area contributed by atoms with Gasteiger partial charge in [-0.1, -0.05) is 32.9 Å². The van der Waals surface area contributed by atoms with E-state index in [2.05, 4.69) is 40.4 Å². The summed E-state index contributed by atoms with van der Waals surface area (Å²) in [4.78, 5) is 0. The average molecular weight is 226 g/mol. The molecular formula is C13H26OSi. The highest BCUT2D eigenvalue weighted by molar-refractivity contribution is 6.74. The van der Waals surface area contributed by atoms with Gasteiger partial charge in [0.1, 0.15) is 0 Å². The van der Waals surface area contributed by atoms with Crippen LogP contribution in [0.25, 0.3) is 0 Å². The molecule has 0 saturated heterocycles. The Balaban J connectivity index is 2.26. The van der Waals surface area contributed by atoms with Crippen LogP contribution in [-0.2, 0) is 4.43 Å². The lowest BCUT2D eigenvalue weighted by atomic mass is 10.1. The van der Waals surface area contributed by atoms with Crippen molar-refractivity contribution in [2.45, 2.75) is 58.2 Å². The van der Waals surface area contributed by atoms with Gasteiger partial charge < -0.3 is 4.43 Å². The van der Waals surface area contributed by atoms with Crippen molar-refractivity contribution in [3.05, 3.63) is 12.2 Å². The minimum Gasteiger partial charge on any atom is -0.417 e. The summed E-state index contributed by atoms with van der Waals surface area (Å²) in [6, 6.07) is 0. The quantitative estimate of drug-likeness (QED) is 0.500. The molecule has 1 saturated carbocycles. The monoisotopic (exact) mass is 226 g/mol. The third-order valence-corrected chi connectivity index (χ3v) is 8.39. The zero-order valence-electron chi connectivity index (χ0n) is 11.0. The molecule has 0 N–H and O–H groups in total. The fraction of sp³-hybridized carbons (Fsp3) is 0.846. The van der Waals surface area contributed by atoms with Crippen molar-refractivity contribution in [2.24, 2.45) is 5.92 Å². The Morgan fingerprint density at radius 1 is 1.33 bits per heavy atom. The predicted octanol–water partition coefficient (Wildman–Crippen LogP) is 4.36. The van der Waals surface area contributed by atoms with Gasteiger partial charge in [0.15, 0.2) is 8.32 Å². The SMILES string of the molecule is C=C(CCO[Si](C)(C)C(C)(C)C)C1CC1. The largest absolute Gasteiger partial charge is 0.417 e. The van der Waals surface area contributed by atoms with Crippen molar-refractivity contribution in [2.75, 3.05) is 6.61 Å². The fourth-order valence-electron chi connectivity index (χ4n) is 1.35. The molecule has 1 aliphatic rings. The van der Waals surface area contributed by atoms with E-state index in [1.165, 1.54) is 18.4 Å². The Morgan fingerprint density at radius 3 is 2.27 bits per heavy atom. The van der Waals surface area contributed by atoms with Gasteiger partial charge in [0.05, 0.1) is 0 Å². The van der Waals surface area contributed by atoms with Gasteiger partial charge in [0.2, 0.25) is 0 Å². The minimum absolute atomic E-state index is 0.327. The van der Waals surface area contributed by atoms with Gasteiger partial charge in [-0.2, -0.15) is 0 Å². The molecule has 0 atom stereocenters. The number of rotatable bonds is 5. The van der Waals surface area contributed by atoms with Crippen LogP contribution in [0.2, 0.25) is 18.1 Å². The summed E-state index contributed by atoms with van der Waals surface area (Å²) in [6.07, 6.45) is 3.79. The van der Waals surface area contributed by atoms with E-state index >= 15 is 0 Å². The minimum atomic E-state index is -1.53. The topological polar surface area (TPSA) is 9.23 Å². The van der Waals surface area contributed by atoms with Gasteiger partial charge in [0, 0.05) is 6.61 Å². The van der Waals surface area contributed by atoms with Crippen LogP contribution in [0.15, 0.2) is 12.2 Å². The molecule has 1 rings (SSSR count). The lowest BCUT2D eigenvalue weighted by molar-refractivity contribution is 0.290. The molecule has 0 amide bonds. The standard InChI is InChI=1S/C13H26OSi/c1-11(12-7-8-12)9-10-14-15(5,6)13(2,3)4/h12H,1,7-10H2,2-6H3. The van der Waals surface area contributed by atoms with Gasteiger partial charge in [-0.3, -0.25) is 0 Å². The Bertz CT molecular complexity index is 233. The predicted molar refractivity (Wildman–Crippen MR) is 69.6 cm³/mol. The van der Waals surface area contributed by atoms with Crippen molar-refractivity contribution in [1.82, 2.24) is 0 Å². The van der Waals surface area contributed by atoms with Crippen molar-refractivity contribution in [3.8, 4) is 0 Å². The summed E-state index contributed by atoms with van der Waals surface area (Å²) in [7, 11) is -1.53. The maximum absolute atomic E-state index is 6.12. The molecule has 1 aliphatic carbocycles. The smallest absolute Gasteiger partial charge is 0.191 e. The van der Waals surface area contributed by atoms with E-state index in [0.29, 0.717) is 5.04 Å². The second-order valence-corrected chi connectivity index (χ2v) is 11.1. The van der Waals surface area contributed by atoms with Gasteiger partial charge in [-0.25, -0.2) is 0 Å². The summed E-state index contributed by atoms with van der Waals surface area (Å²) < 4.78 is 6.12. The Kier molecular flexibility index (Phi) is 3.83. The first-order chi connectivity index (χ1) is 6.74. The Hall–Kier alpha value is -0.0831. The van der Waals surface area contributed by atoms with Gasteiger partial charge >= 0.3 is 0 Å². The molecule has 2 heteroatoms. The molecule has 15 heavy (non-hydrogen) atoms. The average Bonchev–Trinajstić information content (AvgIpc) is 2.83. The molecule has 0 radical (unpaired) electrons. The van der Waals surface area contributed by atoms with Crippen LogP contribution in [0.1, 0.15) is 40.0 Å². The van der Waals surface area contributed by atoms with E-state index < -0.39 is 8.32 Å². The zero-order chi connectivity index (χ0) is 11.7. The second kappa shape index (κ2) is 4.42. The highest BCUT2D eigenvalue weighted by Crippen LogP contribution is 2.39. The summed E-state index contributed by atoms with van der Waals surface area (Å²) in [6.45, 7) is 16.5. The van der Waals surface area contributed by atoms with Crippen molar-refractivity contribution in [1.29, 1.82) is 0 Å². The van der Waals surface area contributed by atoms with E-state index in [0.717, 1.165) is 18.9 Å². The molecule has 0 aromatic rings. The van der Waals surface area contributed by atoms with Crippen molar-refractivity contribution < 1.29 is 4.43 Å². The zero-order valence-corrected chi connectivity index (χ0v) is 12.0. The van der Waals surface area contributed by atoms with E-state index in [4.69, 9.17) is 4.43 Å². The highest BCUT2D eigenvalue weighted by Gasteiger charge is 2.37. The number of hydrogen-bond donors (Lipinski definition) is 0. The van der Waals surface area contributed by atoms with Gasteiger partial charge in [-0.05, 0) is 43.3 Å². The maximum atomic E-state index is 6.12. The first-order valence-electron chi connectivity index (χ1n) is 6.06. The summed E-state index contributed by atoms with van der Waals surface area (Å²) in [5.41, 5.74) is 1.41. The van der Waals surface area contributed by atoms with E-state index in [9.17, 15) is 0 Å². The molecule has 1 fully saturated rings. The van der Waals surface area contributed by atoms with E-state index in [1.54, 1.807) is 0 Å². The Labute approximate surface area is 96.0 Å². The van der Waals surface area contributed by atoms with E-state index in [-0.39, 0.29) is 0 Å². The molecule has 0 aromatic carbocycles. The molecule has 1 nitrogen and oxygen atoms in total. The van der Waals surface area contributed by atoms with Gasteiger partial charge in [0.25, 0.3) is 0 Å². The second-order valence-electron chi connectivity index (χ2n) is 6.29. The molecule has 0 unspecified atom stereocenters. The van der Waals surface area contributed by atoms with Crippen LogP contribution in [-0.4, -0.2) is 14.9 Å². The van der Waals surface area contributed by atoms with Gasteiger partial charge in [-0.15, -0.1) is 0 Å². The third-order valence-electron chi connectivity index (χ3n) is 3.85. The van der Waals surface area contributed by atoms with Crippen molar-refractivity contribution >= 4 is 8.32 Å². The lowest BCUT2D eigenvalue weighted by Crippen LogP contribution is -2.41. The Morgan fingerprint density at radius 2 is 1.87 bits per heavy atom. The third kappa shape index (κ3) is 3.76. The highest BCUT2D eigenvalue weighted by atomic mass is 28.4. The van der Waals surface area contributed by atoms with Crippen LogP contribution in [0, 0.1) is 5.92 Å². The summed E-state index contributed by atoms with van der Waals surface area (Å²) in [5.74, 6) is 0.827. The van der Waals surface area contributed by atoms with Crippen LogP contribution in [0.3, 0.4) is 0 Å². The molecule has 0 aliphatic heterocycles. The summed E-state index contributed by atoms with van der Waals surface area (Å²) >= 11 is 0. The molecule has 0 heterocycles. The summed E-state index contributed by atoms with van der Waals surface area (Å²) in [5, 5.41) is 0.327. The molecule has 0 spiro atoms. The maximum Gasteiger partial charge on any atom is 0.191 e. The lowest BCUT2D eigenvalue weighted by Gasteiger charge is -2.36. The fourth-order valence-corrected chi connectivity index (χ4v) is 2.39. The van der Waals surface area contributed by atoms with E-state index in [1.807, 2.05) is 0 Å². The van der Waals surface area contributed by atoms with Crippen LogP contribution in [0.4, 0.5) is 0 Å². The molecule has 88 valence electrons. The normalized spacial score (nSPS) is 17.9. The number of hydrogen-bond acceptors (Lipinski definition) is 1. The van der Waals surface area contributed by atoms with Crippen LogP contribution < -0.4 is 0 Å². The first kappa shape index (κ1) is 13.0. The molecule has 0 aromatic heterocycles. The van der Waals surface area contributed by atoms with Crippen molar-refractivity contribution in [3.63, 3.8) is 0 Å². The molecule has 0 bridgehead atoms.